The third-order valence-corrected chi connectivity index (χ3v) is 4.08. The second-order valence-corrected chi connectivity index (χ2v) is 6.62. The van der Waals surface area contributed by atoms with Crippen LogP contribution in [0.25, 0.3) is 0 Å². The fourth-order valence-electron chi connectivity index (χ4n) is 2.27. The summed E-state index contributed by atoms with van der Waals surface area (Å²) in [6.07, 6.45) is 1.14. The first-order chi connectivity index (χ1) is 13.4. The second-order valence-electron chi connectivity index (χ2n) is 5.70. The van der Waals surface area contributed by atoms with Crippen molar-refractivity contribution >= 4 is 34.0 Å². The summed E-state index contributed by atoms with van der Waals surface area (Å²) in [5.41, 5.74) is 2.93. The van der Waals surface area contributed by atoms with Gasteiger partial charge in [0, 0.05) is 17.0 Å². The summed E-state index contributed by atoms with van der Waals surface area (Å²) in [7, 11) is 1.52. The molecule has 148 valence electrons. The molecule has 8 heteroatoms. The normalized spacial score (nSPS) is 11.7. The molecule has 1 amide bonds. The van der Waals surface area contributed by atoms with E-state index in [1.165, 1.54) is 20.2 Å². The van der Waals surface area contributed by atoms with Gasteiger partial charge in [0.15, 0.2) is 6.10 Å². The van der Waals surface area contributed by atoms with Crippen LogP contribution in [-0.2, 0) is 9.59 Å². The first-order valence-corrected chi connectivity index (χ1v) is 9.33. The molecule has 0 aliphatic rings. The van der Waals surface area contributed by atoms with E-state index in [0.29, 0.717) is 29.2 Å². The van der Waals surface area contributed by atoms with Gasteiger partial charge >= 0.3 is 5.97 Å². The van der Waals surface area contributed by atoms with Gasteiger partial charge < -0.3 is 14.2 Å². The number of hydrazone groups is 1. The van der Waals surface area contributed by atoms with Crippen molar-refractivity contribution in [2.24, 2.45) is 5.10 Å². The number of benzene rings is 2. The number of amides is 1. The van der Waals surface area contributed by atoms with Crippen LogP contribution in [-0.4, -0.2) is 31.3 Å². The Morgan fingerprint density at radius 1 is 1.21 bits per heavy atom. The fraction of sp³-hybridized carbons (Fsp3) is 0.250. The molecule has 2 rings (SSSR count). The predicted molar refractivity (Wildman–Crippen MR) is 109 cm³/mol. The van der Waals surface area contributed by atoms with E-state index in [-0.39, 0.29) is 0 Å². The molecular weight excluding hydrogens is 428 g/mol. The van der Waals surface area contributed by atoms with Crippen molar-refractivity contribution in [3.05, 3.63) is 52.5 Å². The fourth-order valence-corrected chi connectivity index (χ4v) is 2.64. The van der Waals surface area contributed by atoms with E-state index in [4.69, 9.17) is 14.2 Å². The number of ether oxygens (including phenoxy) is 3. The maximum Gasteiger partial charge on any atom is 0.308 e. The van der Waals surface area contributed by atoms with Crippen LogP contribution in [0.3, 0.4) is 0 Å². The zero-order chi connectivity index (χ0) is 20.5. The predicted octanol–water partition coefficient (Wildman–Crippen LogP) is 3.69. The monoisotopic (exact) mass is 448 g/mol. The van der Waals surface area contributed by atoms with Crippen LogP contribution in [0.5, 0.6) is 17.2 Å². The topological polar surface area (TPSA) is 86.2 Å². The summed E-state index contributed by atoms with van der Waals surface area (Å²) in [4.78, 5) is 23.6. The van der Waals surface area contributed by atoms with Gasteiger partial charge in [-0.25, -0.2) is 5.43 Å². The van der Waals surface area contributed by atoms with Gasteiger partial charge in [0.2, 0.25) is 0 Å². The molecule has 0 aliphatic heterocycles. The van der Waals surface area contributed by atoms with E-state index >= 15 is 0 Å². The number of nitrogens with zero attached hydrogens (tertiary/aromatic N) is 1. The molecular formula is C20H21BrN2O5. The molecule has 0 bridgehead atoms. The minimum Gasteiger partial charge on any atom is -0.497 e. The smallest absolute Gasteiger partial charge is 0.308 e. The highest BCUT2D eigenvalue weighted by Crippen LogP contribution is 2.23. The third kappa shape index (κ3) is 6.38. The van der Waals surface area contributed by atoms with Crippen molar-refractivity contribution in [3.63, 3.8) is 0 Å². The molecule has 0 saturated carbocycles. The van der Waals surface area contributed by atoms with Gasteiger partial charge in [-0.2, -0.15) is 5.10 Å². The summed E-state index contributed by atoms with van der Waals surface area (Å²) in [5, 5.41) is 3.95. The lowest BCUT2D eigenvalue weighted by atomic mass is 10.2. The van der Waals surface area contributed by atoms with Gasteiger partial charge in [0.25, 0.3) is 5.91 Å². The van der Waals surface area contributed by atoms with Crippen molar-refractivity contribution in [1.82, 2.24) is 5.43 Å². The van der Waals surface area contributed by atoms with Gasteiger partial charge in [0.1, 0.15) is 17.2 Å². The Balaban J connectivity index is 2.07. The Bertz CT molecular complexity index is 869. The maximum atomic E-state index is 12.4. The Hall–Kier alpha value is -2.87. The average molecular weight is 449 g/mol. The van der Waals surface area contributed by atoms with Crippen LogP contribution in [0, 0.1) is 0 Å². The summed E-state index contributed by atoms with van der Waals surface area (Å²) in [6, 6.07) is 12.1. The lowest BCUT2D eigenvalue weighted by Gasteiger charge is -2.15. The summed E-state index contributed by atoms with van der Waals surface area (Å²) >= 11 is 3.36. The number of esters is 1. The molecule has 0 spiro atoms. The number of carbonyl (C=O) groups is 2. The molecule has 1 N–H and O–H groups in total. The molecule has 0 heterocycles. The second kappa shape index (κ2) is 10.5. The quantitative estimate of drug-likeness (QED) is 0.288. The Morgan fingerprint density at radius 2 is 2.00 bits per heavy atom. The highest BCUT2D eigenvalue weighted by molar-refractivity contribution is 9.10. The molecule has 0 radical (unpaired) electrons. The molecule has 28 heavy (non-hydrogen) atoms. The van der Waals surface area contributed by atoms with Crippen molar-refractivity contribution < 1.29 is 23.8 Å². The molecule has 2 aromatic rings. The van der Waals surface area contributed by atoms with Crippen LogP contribution in [0.4, 0.5) is 0 Å². The molecule has 0 fully saturated rings. The van der Waals surface area contributed by atoms with E-state index in [2.05, 4.69) is 26.5 Å². The molecule has 0 aromatic heterocycles. The van der Waals surface area contributed by atoms with Crippen LogP contribution in [0.15, 0.2) is 52.0 Å². The van der Waals surface area contributed by atoms with Crippen LogP contribution < -0.4 is 19.6 Å². The van der Waals surface area contributed by atoms with Gasteiger partial charge in [-0.15, -0.1) is 0 Å². The minimum absolute atomic E-state index is 0.309. The Labute approximate surface area is 171 Å². The van der Waals surface area contributed by atoms with Crippen LogP contribution >= 0.6 is 15.9 Å². The standard InChI is InChI=1S/C20H21BrN2O5/c1-4-18(28-17-7-5-6-15(21)11-17)20(25)23-22-12-14-10-16(26-3)8-9-19(14)27-13(2)24/h5-12,18H,4H2,1-3H3,(H,23,25)/t18-/m0/s1. The number of halogens is 1. The molecule has 0 unspecified atom stereocenters. The van der Waals surface area contributed by atoms with E-state index < -0.39 is 18.0 Å². The Kier molecular flexibility index (Phi) is 8.01. The highest BCUT2D eigenvalue weighted by atomic mass is 79.9. The zero-order valence-corrected chi connectivity index (χ0v) is 17.4. The first kappa shape index (κ1) is 21.4. The van der Waals surface area contributed by atoms with E-state index in [1.54, 1.807) is 30.3 Å². The maximum absolute atomic E-state index is 12.4. The van der Waals surface area contributed by atoms with E-state index in [9.17, 15) is 9.59 Å². The average Bonchev–Trinajstić information content (AvgIpc) is 2.66. The lowest BCUT2D eigenvalue weighted by Crippen LogP contribution is -2.35. The largest absolute Gasteiger partial charge is 0.497 e. The van der Waals surface area contributed by atoms with Crippen molar-refractivity contribution in [2.45, 2.75) is 26.4 Å². The summed E-state index contributed by atoms with van der Waals surface area (Å²) in [5.74, 6) is 0.593. The van der Waals surface area contributed by atoms with E-state index in [1.807, 2.05) is 19.1 Å². The highest BCUT2D eigenvalue weighted by Gasteiger charge is 2.18. The van der Waals surface area contributed by atoms with Gasteiger partial charge in [-0.05, 0) is 42.8 Å². The van der Waals surface area contributed by atoms with E-state index in [0.717, 1.165) is 4.47 Å². The molecule has 2 aromatic carbocycles. The number of carbonyl (C=O) groups excluding carboxylic acids is 2. The molecule has 0 aliphatic carbocycles. The van der Waals surface area contributed by atoms with Gasteiger partial charge in [-0.1, -0.05) is 28.9 Å². The number of rotatable bonds is 8. The van der Waals surface area contributed by atoms with Crippen molar-refractivity contribution in [2.75, 3.05) is 7.11 Å². The van der Waals surface area contributed by atoms with Crippen LogP contribution in [0.2, 0.25) is 0 Å². The third-order valence-electron chi connectivity index (χ3n) is 3.59. The SMILES string of the molecule is CC[C@H](Oc1cccc(Br)c1)C(=O)NN=Cc1cc(OC)ccc1OC(C)=O. The van der Waals surface area contributed by atoms with Gasteiger partial charge in [0.05, 0.1) is 13.3 Å². The number of hydrogen-bond donors (Lipinski definition) is 1. The minimum atomic E-state index is -0.704. The molecule has 7 nitrogen and oxygen atoms in total. The number of methoxy groups -OCH3 is 1. The lowest BCUT2D eigenvalue weighted by molar-refractivity contribution is -0.132. The van der Waals surface area contributed by atoms with Gasteiger partial charge in [-0.3, -0.25) is 9.59 Å². The molecule has 1 atom stereocenters. The summed E-state index contributed by atoms with van der Waals surface area (Å²) < 4.78 is 16.9. The first-order valence-electron chi connectivity index (χ1n) is 8.54. The Morgan fingerprint density at radius 3 is 2.64 bits per heavy atom. The summed E-state index contributed by atoms with van der Waals surface area (Å²) in [6.45, 7) is 3.14. The molecule has 0 saturated heterocycles. The number of nitrogens with one attached hydrogen (secondary N) is 1. The zero-order valence-electron chi connectivity index (χ0n) is 15.8. The van der Waals surface area contributed by atoms with Crippen LogP contribution in [0.1, 0.15) is 25.8 Å². The van der Waals surface area contributed by atoms with Crippen molar-refractivity contribution in [3.8, 4) is 17.2 Å². The van der Waals surface area contributed by atoms with Crippen molar-refractivity contribution in [1.29, 1.82) is 0 Å². The number of hydrogen-bond acceptors (Lipinski definition) is 6.